The van der Waals surface area contributed by atoms with Gasteiger partial charge in [-0.15, -0.1) is 0 Å². The average molecular weight is 454 g/mol. The van der Waals surface area contributed by atoms with Gasteiger partial charge in [-0.3, -0.25) is 14.7 Å². The maximum Gasteiger partial charge on any atom is 0.411 e. The van der Waals surface area contributed by atoms with Gasteiger partial charge in [0.15, 0.2) is 0 Å². The van der Waals surface area contributed by atoms with Crippen molar-refractivity contribution in [2.45, 2.75) is 59.4 Å². The number of amides is 2. The molecule has 0 aliphatic carbocycles. The molecule has 1 aromatic heterocycles. The standard InChI is InChI=1S/C25H31N3O5/c1-15(2)21-20-19(14-28(21)24(31)33-25(3,4)5)11-18(13-26-20)22(29)27-12-16-7-9-17(10-8-16)23(30)32-6/h7-11,13,15,21H,12,14H2,1-6H3,(H,27,29)/t21-/m0/s1. The monoisotopic (exact) mass is 453 g/mol. The van der Waals surface area contributed by atoms with Crippen LogP contribution in [-0.4, -0.2) is 40.6 Å². The van der Waals surface area contributed by atoms with Crippen LogP contribution in [0, 0.1) is 5.92 Å². The quantitative estimate of drug-likeness (QED) is 0.680. The fourth-order valence-electron chi connectivity index (χ4n) is 3.80. The van der Waals surface area contributed by atoms with Crippen LogP contribution in [-0.2, 0) is 22.6 Å². The molecule has 2 heterocycles. The van der Waals surface area contributed by atoms with Gasteiger partial charge in [0.05, 0.1) is 36.5 Å². The van der Waals surface area contributed by atoms with Crippen LogP contribution >= 0.6 is 0 Å². The number of rotatable bonds is 5. The van der Waals surface area contributed by atoms with Crippen LogP contribution in [0.3, 0.4) is 0 Å². The number of esters is 1. The van der Waals surface area contributed by atoms with E-state index >= 15 is 0 Å². The van der Waals surface area contributed by atoms with Crippen LogP contribution in [0.2, 0.25) is 0 Å². The Hall–Kier alpha value is -3.42. The van der Waals surface area contributed by atoms with Crippen LogP contribution in [0.15, 0.2) is 36.5 Å². The molecule has 3 rings (SSSR count). The Bertz CT molecular complexity index is 1040. The number of pyridine rings is 1. The number of benzene rings is 1. The van der Waals surface area contributed by atoms with E-state index in [1.165, 1.54) is 7.11 Å². The number of nitrogens with zero attached hydrogens (tertiary/aromatic N) is 2. The smallest absolute Gasteiger partial charge is 0.411 e. The van der Waals surface area contributed by atoms with Gasteiger partial charge in [0.25, 0.3) is 5.91 Å². The van der Waals surface area contributed by atoms with E-state index in [9.17, 15) is 14.4 Å². The van der Waals surface area contributed by atoms with E-state index in [0.717, 1.165) is 16.8 Å². The van der Waals surface area contributed by atoms with Gasteiger partial charge < -0.3 is 14.8 Å². The first kappa shape index (κ1) is 24.2. The molecule has 2 amide bonds. The summed E-state index contributed by atoms with van der Waals surface area (Å²) < 4.78 is 10.3. The summed E-state index contributed by atoms with van der Waals surface area (Å²) in [5, 5.41) is 2.87. The van der Waals surface area contributed by atoms with Gasteiger partial charge in [-0.1, -0.05) is 26.0 Å². The second-order valence-corrected chi connectivity index (χ2v) is 9.44. The van der Waals surface area contributed by atoms with E-state index in [2.05, 4.69) is 15.0 Å². The highest BCUT2D eigenvalue weighted by molar-refractivity contribution is 5.94. The van der Waals surface area contributed by atoms with Crippen molar-refractivity contribution in [1.29, 1.82) is 0 Å². The number of ether oxygens (including phenoxy) is 2. The molecular weight excluding hydrogens is 422 g/mol. The van der Waals surface area contributed by atoms with Crippen LogP contribution in [0.1, 0.15) is 78.2 Å². The first-order valence-corrected chi connectivity index (χ1v) is 10.9. The van der Waals surface area contributed by atoms with Gasteiger partial charge >= 0.3 is 12.1 Å². The third-order valence-electron chi connectivity index (χ3n) is 5.31. The Morgan fingerprint density at radius 3 is 2.39 bits per heavy atom. The zero-order chi connectivity index (χ0) is 24.3. The Morgan fingerprint density at radius 2 is 1.82 bits per heavy atom. The van der Waals surface area contributed by atoms with E-state index in [1.807, 2.05) is 34.6 Å². The van der Waals surface area contributed by atoms with Crippen molar-refractivity contribution < 1.29 is 23.9 Å². The summed E-state index contributed by atoms with van der Waals surface area (Å²) in [4.78, 5) is 43.3. The predicted octanol–water partition coefficient (Wildman–Crippen LogP) is 4.25. The van der Waals surface area contributed by atoms with Crippen molar-refractivity contribution in [1.82, 2.24) is 15.2 Å². The van der Waals surface area contributed by atoms with Gasteiger partial charge in [-0.25, -0.2) is 9.59 Å². The number of fused-ring (bicyclic) bond motifs is 1. The summed E-state index contributed by atoms with van der Waals surface area (Å²) in [6.07, 6.45) is 1.16. The summed E-state index contributed by atoms with van der Waals surface area (Å²) in [5.41, 5.74) is 2.76. The fourth-order valence-corrected chi connectivity index (χ4v) is 3.80. The van der Waals surface area contributed by atoms with Crippen molar-refractivity contribution in [3.05, 3.63) is 64.5 Å². The first-order chi connectivity index (χ1) is 15.5. The van der Waals surface area contributed by atoms with Crippen LogP contribution in [0.5, 0.6) is 0 Å². The normalized spacial score (nSPS) is 15.2. The minimum atomic E-state index is -0.596. The zero-order valence-corrected chi connectivity index (χ0v) is 20.0. The molecule has 0 spiro atoms. The van der Waals surface area contributed by atoms with Crippen LogP contribution < -0.4 is 5.32 Å². The molecule has 8 nitrogen and oxygen atoms in total. The molecule has 0 saturated carbocycles. The number of hydrogen-bond acceptors (Lipinski definition) is 6. The van der Waals surface area contributed by atoms with E-state index in [4.69, 9.17) is 4.74 Å². The average Bonchev–Trinajstić information content (AvgIpc) is 3.15. The molecule has 0 radical (unpaired) electrons. The van der Waals surface area contributed by atoms with Crippen molar-refractivity contribution >= 4 is 18.0 Å². The number of carbonyl (C=O) groups excluding carboxylic acids is 3. The molecule has 1 aromatic carbocycles. The van der Waals surface area contributed by atoms with Gasteiger partial charge in [0.1, 0.15) is 5.60 Å². The van der Waals surface area contributed by atoms with Crippen molar-refractivity contribution in [2.75, 3.05) is 7.11 Å². The summed E-state index contributed by atoms with van der Waals surface area (Å²) in [7, 11) is 1.33. The van der Waals surface area contributed by atoms with E-state index in [1.54, 1.807) is 41.4 Å². The first-order valence-electron chi connectivity index (χ1n) is 10.9. The Morgan fingerprint density at radius 1 is 1.15 bits per heavy atom. The molecule has 0 saturated heterocycles. The molecule has 1 N–H and O–H groups in total. The molecule has 176 valence electrons. The minimum absolute atomic E-state index is 0.138. The third-order valence-corrected chi connectivity index (χ3v) is 5.31. The Kier molecular flexibility index (Phi) is 7.05. The number of methoxy groups -OCH3 is 1. The molecule has 0 fully saturated rings. The van der Waals surface area contributed by atoms with Gasteiger partial charge in [-0.05, 0) is 56.0 Å². The second-order valence-electron chi connectivity index (χ2n) is 9.44. The van der Waals surface area contributed by atoms with E-state index in [-0.39, 0.29) is 24.0 Å². The van der Waals surface area contributed by atoms with Gasteiger partial charge in [0, 0.05) is 12.7 Å². The SMILES string of the molecule is COC(=O)c1ccc(CNC(=O)c2cnc3c(c2)CN(C(=O)OC(C)(C)C)[C@H]3C(C)C)cc1. The molecule has 1 aliphatic rings. The van der Waals surface area contributed by atoms with Gasteiger partial charge in [-0.2, -0.15) is 0 Å². The molecule has 1 atom stereocenters. The summed E-state index contributed by atoms with van der Waals surface area (Å²) in [6.45, 7) is 10.2. The molecule has 0 unspecified atom stereocenters. The highest BCUT2D eigenvalue weighted by atomic mass is 16.6. The summed E-state index contributed by atoms with van der Waals surface area (Å²) >= 11 is 0. The molecular formula is C25H31N3O5. The van der Waals surface area contributed by atoms with E-state index in [0.29, 0.717) is 24.2 Å². The molecule has 2 aromatic rings. The summed E-state index contributed by atoms with van der Waals surface area (Å²) in [5.74, 6) is -0.534. The maximum atomic E-state index is 12.8. The highest BCUT2D eigenvalue weighted by Crippen LogP contribution is 2.38. The largest absolute Gasteiger partial charge is 0.465 e. The lowest BCUT2D eigenvalue weighted by atomic mass is 9.99. The molecule has 8 heteroatoms. The maximum absolute atomic E-state index is 12.8. The summed E-state index contributed by atoms with van der Waals surface area (Å²) in [6, 6.07) is 8.42. The van der Waals surface area contributed by atoms with Crippen molar-refractivity contribution in [2.24, 2.45) is 5.92 Å². The Balaban J connectivity index is 1.71. The molecule has 33 heavy (non-hydrogen) atoms. The number of carbonyl (C=O) groups is 3. The zero-order valence-electron chi connectivity index (χ0n) is 20.0. The van der Waals surface area contributed by atoms with E-state index < -0.39 is 11.6 Å². The van der Waals surface area contributed by atoms with Crippen molar-refractivity contribution in [3.8, 4) is 0 Å². The lowest BCUT2D eigenvalue weighted by Gasteiger charge is -2.30. The lowest BCUT2D eigenvalue weighted by Crippen LogP contribution is -2.37. The minimum Gasteiger partial charge on any atom is -0.465 e. The number of nitrogens with one attached hydrogen (secondary N) is 1. The highest BCUT2D eigenvalue weighted by Gasteiger charge is 2.39. The molecule has 0 bridgehead atoms. The fraction of sp³-hybridized carbons (Fsp3) is 0.440. The van der Waals surface area contributed by atoms with Crippen molar-refractivity contribution in [3.63, 3.8) is 0 Å². The second kappa shape index (κ2) is 9.60. The topological polar surface area (TPSA) is 97.8 Å². The van der Waals surface area contributed by atoms with Crippen LogP contribution in [0.25, 0.3) is 0 Å². The number of hydrogen-bond donors (Lipinski definition) is 1. The Labute approximate surface area is 194 Å². The predicted molar refractivity (Wildman–Crippen MR) is 123 cm³/mol. The van der Waals surface area contributed by atoms with Crippen LogP contribution in [0.4, 0.5) is 4.79 Å². The number of aromatic nitrogens is 1. The third kappa shape index (κ3) is 5.69. The molecule has 1 aliphatic heterocycles. The lowest BCUT2D eigenvalue weighted by molar-refractivity contribution is 0.0124. The van der Waals surface area contributed by atoms with Gasteiger partial charge in [0.2, 0.25) is 0 Å².